The van der Waals surface area contributed by atoms with Gasteiger partial charge in [0, 0.05) is 12.4 Å². The van der Waals surface area contributed by atoms with Gasteiger partial charge in [-0.25, -0.2) is 9.67 Å². The minimum Gasteiger partial charge on any atom is -0.236 e. The van der Waals surface area contributed by atoms with Crippen molar-refractivity contribution in [3.63, 3.8) is 0 Å². The van der Waals surface area contributed by atoms with Gasteiger partial charge >= 0.3 is 0 Å². The molecular weight excluding hydrogens is 200 g/mol. The SMILES string of the molecule is CC(C)c1ccn(-c2ccc(C#N)cn2)n1. The second kappa shape index (κ2) is 4.15. The van der Waals surface area contributed by atoms with Crippen molar-refractivity contribution in [2.24, 2.45) is 0 Å². The average molecular weight is 212 g/mol. The van der Waals surface area contributed by atoms with Crippen molar-refractivity contribution in [3.05, 3.63) is 41.9 Å². The lowest BCUT2D eigenvalue weighted by atomic mass is 10.1. The van der Waals surface area contributed by atoms with Crippen molar-refractivity contribution in [1.29, 1.82) is 5.26 Å². The van der Waals surface area contributed by atoms with Gasteiger partial charge in [0.05, 0.1) is 11.3 Å². The summed E-state index contributed by atoms with van der Waals surface area (Å²) < 4.78 is 1.72. The third-order valence-corrected chi connectivity index (χ3v) is 2.31. The molecule has 0 bridgehead atoms. The zero-order chi connectivity index (χ0) is 11.5. The van der Waals surface area contributed by atoms with Crippen LogP contribution in [-0.4, -0.2) is 14.8 Å². The summed E-state index contributed by atoms with van der Waals surface area (Å²) >= 11 is 0. The van der Waals surface area contributed by atoms with Gasteiger partial charge in [-0.1, -0.05) is 13.8 Å². The largest absolute Gasteiger partial charge is 0.236 e. The van der Waals surface area contributed by atoms with E-state index in [-0.39, 0.29) is 0 Å². The minimum absolute atomic E-state index is 0.402. The number of nitrogens with zero attached hydrogens (tertiary/aromatic N) is 4. The Morgan fingerprint density at radius 1 is 1.31 bits per heavy atom. The summed E-state index contributed by atoms with van der Waals surface area (Å²) in [6.07, 6.45) is 3.43. The quantitative estimate of drug-likeness (QED) is 0.767. The van der Waals surface area contributed by atoms with Crippen LogP contribution in [0.4, 0.5) is 0 Å². The molecule has 0 aliphatic heterocycles. The van der Waals surface area contributed by atoms with E-state index in [1.807, 2.05) is 18.3 Å². The van der Waals surface area contributed by atoms with Crippen molar-refractivity contribution >= 4 is 0 Å². The van der Waals surface area contributed by atoms with Crippen LogP contribution in [0.2, 0.25) is 0 Å². The molecule has 0 aliphatic carbocycles. The molecule has 4 heteroatoms. The smallest absolute Gasteiger partial charge is 0.153 e. The predicted molar refractivity (Wildman–Crippen MR) is 60.2 cm³/mol. The van der Waals surface area contributed by atoms with Gasteiger partial charge in [0.2, 0.25) is 0 Å². The third-order valence-electron chi connectivity index (χ3n) is 2.31. The molecule has 0 fully saturated rings. The van der Waals surface area contributed by atoms with E-state index in [2.05, 4.69) is 23.9 Å². The van der Waals surface area contributed by atoms with E-state index in [0.29, 0.717) is 11.5 Å². The van der Waals surface area contributed by atoms with Crippen LogP contribution >= 0.6 is 0 Å². The molecule has 4 nitrogen and oxygen atoms in total. The maximum Gasteiger partial charge on any atom is 0.153 e. The van der Waals surface area contributed by atoms with Crippen LogP contribution in [0.15, 0.2) is 30.6 Å². The summed E-state index contributed by atoms with van der Waals surface area (Å²) in [4.78, 5) is 4.17. The Morgan fingerprint density at radius 3 is 2.62 bits per heavy atom. The number of hydrogen-bond acceptors (Lipinski definition) is 3. The van der Waals surface area contributed by atoms with Crippen LogP contribution in [0.25, 0.3) is 5.82 Å². The Balaban J connectivity index is 2.32. The normalized spacial score (nSPS) is 10.4. The van der Waals surface area contributed by atoms with Gasteiger partial charge in [0.1, 0.15) is 6.07 Å². The molecule has 16 heavy (non-hydrogen) atoms. The third kappa shape index (κ3) is 1.94. The van der Waals surface area contributed by atoms with Crippen molar-refractivity contribution in [2.75, 3.05) is 0 Å². The molecule has 0 radical (unpaired) electrons. The maximum absolute atomic E-state index is 8.66. The molecule has 0 aliphatic rings. The number of aromatic nitrogens is 3. The Kier molecular flexibility index (Phi) is 2.69. The molecule has 0 saturated carbocycles. The number of rotatable bonds is 2. The standard InChI is InChI=1S/C12H12N4/c1-9(2)11-5-6-16(15-11)12-4-3-10(7-13)8-14-12/h3-6,8-9H,1-2H3. The van der Waals surface area contributed by atoms with E-state index in [4.69, 9.17) is 5.26 Å². The van der Waals surface area contributed by atoms with Gasteiger partial charge in [-0.05, 0) is 24.1 Å². The molecule has 0 saturated heterocycles. The van der Waals surface area contributed by atoms with E-state index in [0.717, 1.165) is 11.5 Å². The Morgan fingerprint density at radius 2 is 2.12 bits per heavy atom. The average Bonchev–Trinajstić information content (AvgIpc) is 2.78. The van der Waals surface area contributed by atoms with Crippen LogP contribution in [0.3, 0.4) is 0 Å². The highest BCUT2D eigenvalue weighted by atomic mass is 15.3. The van der Waals surface area contributed by atoms with E-state index < -0.39 is 0 Å². The maximum atomic E-state index is 8.66. The summed E-state index contributed by atoms with van der Waals surface area (Å²) in [5, 5.41) is 13.1. The fourth-order valence-corrected chi connectivity index (χ4v) is 1.36. The summed E-state index contributed by atoms with van der Waals surface area (Å²) in [7, 11) is 0. The first-order chi connectivity index (χ1) is 7.70. The predicted octanol–water partition coefficient (Wildman–Crippen LogP) is 2.26. The second-order valence-corrected chi connectivity index (χ2v) is 3.86. The number of nitriles is 1. The molecular formula is C12H12N4. The highest BCUT2D eigenvalue weighted by Gasteiger charge is 2.05. The minimum atomic E-state index is 0.402. The van der Waals surface area contributed by atoms with Gasteiger partial charge in [-0.15, -0.1) is 0 Å². The lowest BCUT2D eigenvalue weighted by Gasteiger charge is -2.01. The lowest BCUT2D eigenvalue weighted by Crippen LogP contribution is -1.99. The van der Waals surface area contributed by atoms with Crippen molar-refractivity contribution in [1.82, 2.24) is 14.8 Å². The summed E-state index contributed by atoms with van der Waals surface area (Å²) in [6, 6.07) is 7.54. The first-order valence-corrected chi connectivity index (χ1v) is 5.13. The van der Waals surface area contributed by atoms with Gasteiger partial charge < -0.3 is 0 Å². The van der Waals surface area contributed by atoms with Crippen molar-refractivity contribution in [3.8, 4) is 11.9 Å². The molecule has 2 aromatic rings. The van der Waals surface area contributed by atoms with Gasteiger partial charge in [-0.2, -0.15) is 10.4 Å². The van der Waals surface area contributed by atoms with Crippen molar-refractivity contribution < 1.29 is 0 Å². The Labute approximate surface area is 94.2 Å². The molecule has 0 spiro atoms. The van der Waals surface area contributed by atoms with E-state index in [1.165, 1.54) is 0 Å². The molecule has 2 heterocycles. The summed E-state index contributed by atoms with van der Waals surface area (Å²) in [5.41, 5.74) is 1.59. The molecule has 0 unspecified atom stereocenters. The molecule has 0 aromatic carbocycles. The fraction of sp³-hybridized carbons (Fsp3) is 0.250. The van der Waals surface area contributed by atoms with Crippen LogP contribution in [0.5, 0.6) is 0 Å². The molecule has 80 valence electrons. The number of pyridine rings is 1. The van der Waals surface area contributed by atoms with Gasteiger partial charge in [-0.3, -0.25) is 0 Å². The number of hydrogen-bond donors (Lipinski definition) is 0. The first-order valence-electron chi connectivity index (χ1n) is 5.13. The molecule has 2 rings (SSSR count). The lowest BCUT2D eigenvalue weighted by molar-refractivity contribution is 0.757. The second-order valence-electron chi connectivity index (χ2n) is 3.86. The zero-order valence-corrected chi connectivity index (χ0v) is 9.25. The molecule has 0 N–H and O–H groups in total. The Hall–Kier alpha value is -2.15. The fourth-order valence-electron chi connectivity index (χ4n) is 1.36. The first kappa shape index (κ1) is 10.4. The summed E-state index contributed by atoms with van der Waals surface area (Å²) in [6.45, 7) is 4.19. The summed E-state index contributed by atoms with van der Waals surface area (Å²) in [5.74, 6) is 1.13. The Bertz CT molecular complexity index is 517. The zero-order valence-electron chi connectivity index (χ0n) is 9.25. The van der Waals surface area contributed by atoms with E-state index in [9.17, 15) is 0 Å². The molecule has 2 aromatic heterocycles. The van der Waals surface area contributed by atoms with E-state index in [1.54, 1.807) is 23.0 Å². The van der Waals surface area contributed by atoms with Gasteiger partial charge in [0.15, 0.2) is 5.82 Å². The van der Waals surface area contributed by atoms with Crippen LogP contribution in [0, 0.1) is 11.3 Å². The van der Waals surface area contributed by atoms with Crippen LogP contribution < -0.4 is 0 Å². The highest BCUT2D eigenvalue weighted by Crippen LogP contribution is 2.12. The molecule has 0 amide bonds. The van der Waals surface area contributed by atoms with Crippen LogP contribution in [-0.2, 0) is 0 Å². The topological polar surface area (TPSA) is 54.5 Å². The monoisotopic (exact) mass is 212 g/mol. The van der Waals surface area contributed by atoms with Gasteiger partial charge in [0.25, 0.3) is 0 Å². The van der Waals surface area contributed by atoms with E-state index >= 15 is 0 Å². The molecule has 0 atom stereocenters. The van der Waals surface area contributed by atoms with Crippen molar-refractivity contribution in [2.45, 2.75) is 19.8 Å². The van der Waals surface area contributed by atoms with Crippen LogP contribution in [0.1, 0.15) is 31.0 Å². The highest BCUT2D eigenvalue weighted by molar-refractivity contribution is 5.31.